The molecule has 0 amide bonds. The van der Waals surface area contributed by atoms with Crippen LogP contribution in [-0.4, -0.2) is 54.7 Å². The second kappa shape index (κ2) is 15.9. The molecule has 1 N–H and O–H groups in total. The minimum absolute atomic E-state index is 0.367. The Morgan fingerprint density at radius 3 is 1.74 bits per heavy atom. The molecule has 4 rings (SSSR count). The van der Waals surface area contributed by atoms with Gasteiger partial charge in [-0.25, -0.2) is 14.4 Å². The molecular formula is C31H41N5O7. The first kappa shape index (κ1) is 36.1. The number of rotatable bonds is 0. The molecule has 0 spiro atoms. The van der Waals surface area contributed by atoms with Crippen molar-refractivity contribution in [2.45, 2.75) is 86.0 Å². The molecular weight excluding hydrogens is 554 g/mol. The summed E-state index contributed by atoms with van der Waals surface area (Å²) in [6.07, 6.45) is 8.11. The molecule has 0 saturated carbocycles. The summed E-state index contributed by atoms with van der Waals surface area (Å²) in [5.74, 6) is 0. The molecule has 0 aromatic carbocycles. The predicted molar refractivity (Wildman–Crippen MR) is 162 cm³/mol. The van der Waals surface area contributed by atoms with Crippen molar-refractivity contribution in [2.75, 3.05) is 0 Å². The first-order valence-corrected chi connectivity index (χ1v) is 13.3. The van der Waals surface area contributed by atoms with Crippen molar-refractivity contribution in [3.8, 4) is 6.07 Å². The van der Waals surface area contributed by atoms with E-state index in [1.807, 2.05) is 51.4 Å². The molecule has 12 heteroatoms. The molecule has 43 heavy (non-hydrogen) atoms. The number of nitrogens with one attached hydrogen (secondary N) is 1. The molecule has 0 aliphatic rings. The van der Waals surface area contributed by atoms with Crippen LogP contribution in [0.5, 0.6) is 0 Å². The van der Waals surface area contributed by atoms with Crippen LogP contribution in [0.4, 0.5) is 14.4 Å². The molecule has 0 aliphatic carbocycles. The lowest BCUT2D eigenvalue weighted by Crippen LogP contribution is -2.29. The minimum atomic E-state index is -1.06. The molecule has 0 saturated heterocycles. The van der Waals surface area contributed by atoms with Crippen molar-refractivity contribution < 1.29 is 33.3 Å². The number of aromatic nitrogens is 4. The summed E-state index contributed by atoms with van der Waals surface area (Å²) in [6.45, 7) is 17.0. The Labute approximate surface area is 251 Å². The van der Waals surface area contributed by atoms with Crippen LogP contribution < -0.4 is 0 Å². The van der Waals surface area contributed by atoms with E-state index in [2.05, 4.69) is 19.7 Å². The molecule has 12 nitrogen and oxygen atoms in total. The van der Waals surface area contributed by atoms with Crippen molar-refractivity contribution in [3.05, 3.63) is 61.4 Å². The highest BCUT2D eigenvalue weighted by molar-refractivity contribution is 5.88. The maximum absolute atomic E-state index is 11.9. The monoisotopic (exact) mass is 595 g/mol. The molecule has 0 radical (unpaired) electrons. The van der Waals surface area contributed by atoms with Gasteiger partial charge in [0.25, 0.3) is 0 Å². The summed E-state index contributed by atoms with van der Waals surface area (Å²) in [4.78, 5) is 44.9. The number of carbonyl (C=O) groups excluding carboxylic acids is 3. The van der Waals surface area contributed by atoms with Gasteiger partial charge in [0.05, 0.1) is 11.6 Å². The molecule has 0 unspecified atom stereocenters. The number of carbonyl (C=O) groups is 3. The van der Waals surface area contributed by atoms with E-state index in [4.69, 9.17) is 19.5 Å². The van der Waals surface area contributed by atoms with Gasteiger partial charge in [-0.3, -0.25) is 14.5 Å². The minimum Gasteiger partial charge on any atom is -0.443 e. The highest BCUT2D eigenvalue weighted by atomic mass is 16.8. The summed E-state index contributed by atoms with van der Waals surface area (Å²) in [5, 5.41) is 9.41. The van der Waals surface area contributed by atoms with Gasteiger partial charge in [-0.05, 0) is 86.6 Å². The average Bonchev–Trinajstić information content (AvgIpc) is 3.49. The van der Waals surface area contributed by atoms with Crippen LogP contribution in [0, 0.1) is 11.3 Å². The smallest absolute Gasteiger partial charge is 0.443 e. The molecule has 0 fully saturated rings. The SMILES string of the molecule is CC#N.CC(C)(C)OC(=O)OC(=O)OC(C)(C)C.CC(C)(C)OC(=O)n1ccc2cnccc21.c1cc2[nH]ccc2cn1. The van der Waals surface area contributed by atoms with Crippen LogP contribution in [0.1, 0.15) is 69.2 Å². The van der Waals surface area contributed by atoms with Gasteiger partial charge in [0.2, 0.25) is 0 Å². The number of ether oxygens (including phenoxy) is 4. The lowest BCUT2D eigenvalue weighted by atomic mass is 10.2. The number of nitrogens with zero attached hydrogens (tertiary/aromatic N) is 4. The summed E-state index contributed by atoms with van der Waals surface area (Å²) < 4.78 is 20.6. The van der Waals surface area contributed by atoms with E-state index < -0.39 is 29.1 Å². The Hall–Kier alpha value is -4.92. The van der Waals surface area contributed by atoms with E-state index in [1.165, 1.54) is 11.5 Å². The lowest BCUT2D eigenvalue weighted by Gasteiger charge is -2.20. The van der Waals surface area contributed by atoms with E-state index in [1.54, 1.807) is 78.5 Å². The topological polar surface area (TPSA) is 158 Å². The van der Waals surface area contributed by atoms with E-state index in [0.29, 0.717) is 0 Å². The van der Waals surface area contributed by atoms with Gasteiger partial charge >= 0.3 is 18.4 Å². The predicted octanol–water partition coefficient (Wildman–Crippen LogP) is 7.79. The normalized spacial score (nSPS) is 10.8. The van der Waals surface area contributed by atoms with Crippen molar-refractivity contribution in [1.82, 2.24) is 19.5 Å². The summed E-state index contributed by atoms with van der Waals surface area (Å²) >= 11 is 0. The van der Waals surface area contributed by atoms with Gasteiger partial charge in [-0.15, -0.1) is 0 Å². The van der Waals surface area contributed by atoms with E-state index in [0.717, 1.165) is 21.8 Å². The average molecular weight is 596 g/mol. The van der Waals surface area contributed by atoms with Gasteiger partial charge < -0.3 is 23.9 Å². The third kappa shape index (κ3) is 15.0. The highest BCUT2D eigenvalue weighted by Gasteiger charge is 2.24. The maximum atomic E-state index is 11.9. The van der Waals surface area contributed by atoms with Gasteiger partial charge in [0, 0.05) is 60.4 Å². The number of fused-ring (bicyclic) bond motifs is 2. The van der Waals surface area contributed by atoms with Crippen LogP contribution in [-0.2, 0) is 18.9 Å². The number of hydrogen-bond donors (Lipinski definition) is 1. The molecule has 4 aromatic heterocycles. The second-order valence-electron chi connectivity index (χ2n) is 11.8. The Kier molecular flexibility index (Phi) is 13.4. The zero-order valence-electron chi connectivity index (χ0n) is 26.4. The molecule has 232 valence electrons. The molecule has 0 bridgehead atoms. The standard InChI is InChI=1S/C12H14N2O2.C10H18O5.C7H6N2.C2H3N/c1-12(2,3)16-11(15)14-7-5-9-8-13-6-4-10(9)14;1-9(2,3)14-7(11)13-8(12)15-10(4,5)6;1-4-9-7-2-3-8-5-6(1)7;1-2-3/h4-8H,1-3H3;1-6H3;1-5,9H;1H3. The fourth-order valence-corrected chi connectivity index (χ4v) is 2.95. The number of hydrogen-bond acceptors (Lipinski definition) is 10. The number of H-pyrrole nitrogens is 1. The van der Waals surface area contributed by atoms with Gasteiger partial charge in [0.1, 0.15) is 16.8 Å². The Morgan fingerprint density at radius 1 is 0.767 bits per heavy atom. The number of aromatic amines is 1. The lowest BCUT2D eigenvalue weighted by molar-refractivity contribution is -0.0294. The van der Waals surface area contributed by atoms with Crippen LogP contribution in [0.25, 0.3) is 21.8 Å². The molecule has 0 atom stereocenters. The van der Waals surface area contributed by atoms with Crippen molar-refractivity contribution in [2.24, 2.45) is 0 Å². The Balaban J connectivity index is 0.000000317. The zero-order valence-corrected chi connectivity index (χ0v) is 26.4. The van der Waals surface area contributed by atoms with Gasteiger partial charge in [-0.2, -0.15) is 5.26 Å². The Morgan fingerprint density at radius 2 is 1.26 bits per heavy atom. The van der Waals surface area contributed by atoms with E-state index in [-0.39, 0.29) is 6.09 Å². The quantitative estimate of drug-likeness (QED) is 0.121. The van der Waals surface area contributed by atoms with Crippen LogP contribution in [0.2, 0.25) is 0 Å². The van der Waals surface area contributed by atoms with Crippen molar-refractivity contribution in [3.63, 3.8) is 0 Å². The third-order valence-electron chi connectivity index (χ3n) is 4.38. The fraction of sp³-hybridized carbons (Fsp3) is 0.419. The third-order valence-corrected chi connectivity index (χ3v) is 4.38. The second-order valence-corrected chi connectivity index (χ2v) is 11.8. The van der Waals surface area contributed by atoms with E-state index >= 15 is 0 Å². The van der Waals surface area contributed by atoms with Gasteiger partial charge in [-0.1, -0.05) is 0 Å². The first-order valence-electron chi connectivity index (χ1n) is 13.3. The van der Waals surface area contributed by atoms with Crippen LogP contribution in [0.3, 0.4) is 0 Å². The summed E-state index contributed by atoms with van der Waals surface area (Å²) in [7, 11) is 0. The molecule has 4 aromatic rings. The number of nitriles is 1. The Bertz CT molecular complexity index is 1460. The van der Waals surface area contributed by atoms with Crippen LogP contribution >= 0.6 is 0 Å². The van der Waals surface area contributed by atoms with Crippen molar-refractivity contribution >= 4 is 40.2 Å². The maximum Gasteiger partial charge on any atom is 0.519 e. The molecule has 4 heterocycles. The zero-order chi connectivity index (χ0) is 32.8. The molecule has 0 aliphatic heterocycles. The van der Waals surface area contributed by atoms with Crippen molar-refractivity contribution in [1.29, 1.82) is 5.26 Å². The highest BCUT2D eigenvalue weighted by Crippen LogP contribution is 2.17. The van der Waals surface area contributed by atoms with Gasteiger partial charge in [0.15, 0.2) is 0 Å². The largest absolute Gasteiger partial charge is 0.519 e. The van der Waals surface area contributed by atoms with Crippen LogP contribution in [0.15, 0.2) is 61.4 Å². The fourth-order valence-electron chi connectivity index (χ4n) is 2.95. The summed E-state index contributed by atoms with van der Waals surface area (Å²) in [6, 6.07) is 9.34. The first-order chi connectivity index (χ1) is 19.8. The van der Waals surface area contributed by atoms with E-state index in [9.17, 15) is 14.4 Å². The summed E-state index contributed by atoms with van der Waals surface area (Å²) in [5.41, 5.74) is 0.0769. The number of pyridine rings is 2.